The predicted molar refractivity (Wildman–Crippen MR) is 106 cm³/mol. The lowest BCUT2D eigenvalue weighted by Gasteiger charge is -2.08. The number of methoxy groups -OCH3 is 2. The third-order valence-corrected chi connectivity index (χ3v) is 4.19. The number of benzene rings is 2. The molecule has 0 radical (unpaired) electrons. The Morgan fingerprint density at radius 2 is 1.89 bits per heavy atom. The van der Waals surface area contributed by atoms with Crippen LogP contribution in [0.25, 0.3) is 17.0 Å². The van der Waals surface area contributed by atoms with Crippen molar-refractivity contribution in [3.63, 3.8) is 0 Å². The molecule has 144 valence electrons. The number of esters is 1. The summed E-state index contributed by atoms with van der Waals surface area (Å²) in [6.45, 7) is 1.87. The molecule has 0 spiro atoms. The molecule has 3 aromatic rings. The Balaban J connectivity index is 1.76. The molecular formula is C22H20O6. The molecule has 0 atom stereocenters. The number of aryl methyl sites for hydroxylation is 1. The molecule has 0 aliphatic carbocycles. The Morgan fingerprint density at radius 1 is 1.07 bits per heavy atom. The Kier molecular flexibility index (Phi) is 5.79. The third-order valence-electron chi connectivity index (χ3n) is 4.19. The minimum atomic E-state index is -0.543. The summed E-state index contributed by atoms with van der Waals surface area (Å²) in [6.07, 6.45) is 2.89. The van der Waals surface area contributed by atoms with Crippen LogP contribution >= 0.6 is 0 Å². The molecule has 0 bridgehead atoms. The van der Waals surface area contributed by atoms with Gasteiger partial charge >= 0.3 is 11.6 Å². The van der Waals surface area contributed by atoms with Crippen LogP contribution in [0.15, 0.2) is 57.8 Å². The van der Waals surface area contributed by atoms with Crippen molar-refractivity contribution >= 4 is 23.0 Å². The van der Waals surface area contributed by atoms with E-state index in [0.29, 0.717) is 28.2 Å². The molecule has 1 heterocycles. The van der Waals surface area contributed by atoms with Gasteiger partial charge in [-0.05, 0) is 42.8 Å². The number of carbonyl (C=O) groups excluding carboxylic acids is 1. The quantitative estimate of drug-likeness (QED) is 0.367. The van der Waals surface area contributed by atoms with Crippen LogP contribution in [0.5, 0.6) is 11.5 Å². The van der Waals surface area contributed by atoms with Gasteiger partial charge in [0, 0.05) is 28.7 Å². The van der Waals surface area contributed by atoms with Gasteiger partial charge < -0.3 is 18.6 Å². The maximum absolute atomic E-state index is 12.1. The lowest BCUT2D eigenvalue weighted by molar-refractivity contribution is -0.138. The van der Waals surface area contributed by atoms with E-state index in [1.54, 1.807) is 44.6 Å². The van der Waals surface area contributed by atoms with Crippen LogP contribution in [-0.4, -0.2) is 20.2 Å². The van der Waals surface area contributed by atoms with E-state index >= 15 is 0 Å². The molecule has 1 aromatic heterocycles. The molecule has 0 saturated heterocycles. The van der Waals surface area contributed by atoms with Crippen LogP contribution in [-0.2, 0) is 16.1 Å². The van der Waals surface area contributed by atoms with E-state index in [4.69, 9.17) is 18.6 Å². The average molecular weight is 380 g/mol. The summed E-state index contributed by atoms with van der Waals surface area (Å²) in [5, 5.41) is 0.733. The van der Waals surface area contributed by atoms with Crippen LogP contribution in [0.1, 0.15) is 16.7 Å². The van der Waals surface area contributed by atoms with Gasteiger partial charge in [-0.1, -0.05) is 12.1 Å². The zero-order chi connectivity index (χ0) is 20.1. The van der Waals surface area contributed by atoms with Gasteiger partial charge in [0.15, 0.2) is 0 Å². The summed E-state index contributed by atoms with van der Waals surface area (Å²) in [7, 11) is 3.11. The first-order chi connectivity index (χ1) is 13.5. The number of rotatable bonds is 6. The van der Waals surface area contributed by atoms with Crippen LogP contribution in [0.4, 0.5) is 0 Å². The predicted octanol–water partition coefficient (Wildman–Crippen LogP) is 3.88. The van der Waals surface area contributed by atoms with Gasteiger partial charge in [0.25, 0.3) is 0 Å². The molecule has 0 N–H and O–H groups in total. The SMILES string of the molecule is COc1ccc(OC)c(/C=C/C(=O)OCc2cc(=O)oc3cc(C)ccc23)c1. The monoisotopic (exact) mass is 380 g/mol. The first-order valence-electron chi connectivity index (χ1n) is 8.60. The summed E-state index contributed by atoms with van der Waals surface area (Å²) >= 11 is 0. The van der Waals surface area contributed by atoms with Crippen molar-refractivity contribution in [2.45, 2.75) is 13.5 Å². The summed E-state index contributed by atoms with van der Waals surface area (Å²) in [5.41, 5.74) is 2.23. The van der Waals surface area contributed by atoms with Crippen molar-refractivity contribution in [3.8, 4) is 11.5 Å². The van der Waals surface area contributed by atoms with E-state index in [-0.39, 0.29) is 6.61 Å². The Bertz CT molecular complexity index is 1090. The third kappa shape index (κ3) is 4.40. The maximum atomic E-state index is 12.1. The molecule has 0 amide bonds. The van der Waals surface area contributed by atoms with Crippen molar-refractivity contribution in [3.05, 3.63) is 75.7 Å². The zero-order valence-corrected chi connectivity index (χ0v) is 15.9. The van der Waals surface area contributed by atoms with Gasteiger partial charge in [-0.3, -0.25) is 0 Å². The first-order valence-corrected chi connectivity index (χ1v) is 8.60. The molecule has 6 heteroatoms. The van der Waals surface area contributed by atoms with Crippen molar-refractivity contribution in [1.82, 2.24) is 0 Å². The summed E-state index contributed by atoms with van der Waals surface area (Å²) < 4.78 is 21.0. The molecule has 0 fully saturated rings. The topological polar surface area (TPSA) is 75.0 Å². The van der Waals surface area contributed by atoms with Gasteiger partial charge in [-0.25, -0.2) is 9.59 Å². The molecule has 6 nitrogen and oxygen atoms in total. The number of fused-ring (bicyclic) bond motifs is 1. The number of carbonyl (C=O) groups is 1. The summed E-state index contributed by atoms with van der Waals surface area (Å²) in [5.74, 6) is 0.705. The minimum Gasteiger partial charge on any atom is -0.497 e. The van der Waals surface area contributed by atoms with E-state index in [9.17, 15) is 9.59 Å². The smallest absolute Gasteiger partial charge is 0.336 e. The van der Waals surface area contributed by atoms with Crippen molar-refractivity contribution in [2.75, 3.05) is 14.2 Å². The zero-order valence-electron chi connectivity index (χ0n) is 15.9. The number of ether oxygens (including phenoxy) is 3. The summed E-state index contributed by atoms with van der Waals surface area (Å²) in [6, 6.07) is 12.1. The molecule has 28 heavy (non-hydrogen) atoms. The lowest BCUT2D eigenvalue weighted by Crippen LogP contribution is -2.05. The van der Waals surface area contributed by atoms with Gasteiger partial charge in [0.1, 0.15) is 23.7 Å². The van der Waals surface area contributed by atoms with Crippen molar-refractivity contribution in [1.29, 1.82) is 0 Å². The molecular weight excluding hydrogens is 360 g/mol. The fourth-order valence-corrected chi connectivity index (χ4v) is 2.78. The van der Waals surface area contributed by atoms with E-state index < -0.39 is 11.6 Å². The highest BCUT2D eigenvalue weighted by Crippen LogP contribution is 2.25. The van der Waals surface area contributed by atoms with E-state index in [0.717, 1.165) is 10.9 Å². The number of hydrogen-bond donors (Lipinski definition) is 0. The second kappa shape index (κ2) is 8.43. The summed E-state index contributed by atoms with van der Waals surface area (Å²) in [4.78, 5) is 23.9. The van der Waals surface area contributed by atoms with Crippen molar-refractivity contribution in [2.24, 2.45) is 0 Å². The van der Waals surface area contributed by atoms with Crippen LogP contribution < -0.4 is 15.1 Å². The van der Waals surface area contributed by atoms with Crippen LogP contribution in [0, 0.1) is 6.92 Å². The fraction of sp³-hybridized carbons (Fsp3) is 0.182. The number of hydrogen-bond acceptors (Lipinski definition) is 6. The Morgan fingerprint density at radius 3 is 2.64 bits per heavy atom. The van der Waals surface area contributed by atoms with Gasteiger partial charge in [0.2, 0.25) is 0 Å². The Hall–Kier alpha value is -3.54. The first kappa shape index (κ1) is 19.2. The molecule has 2 aromatic carbocycles. The highest BCUT2D eigenvalue weighted by Gasteiger charge is 2.08. The van der Waals surface area contributed by atoms with Gasteiger partial charge in [-0.15, -0.1) is 0 Å². The minimum absolute atomic E-state index is 0.0381. The van der Waals surface area contributed by atoms with Gasteiger partial charge in [-0.2, -0.15) is 0 Å². The second-order valence-corrected chi connectivity index (χ2v) is 6.14. The van der Waals surface area contributed by atoms with Gasteiger partial charge in [0.05, 0.1) is 14.2 Å². The molecule has 0 aliphatic rings. The van der Waals surface area contributed by atoms with E-state index in [1.807, 2.05) is 19.1 Å². The average Bonchev–Trinajstić information content (AvgIpc) is 2.69. The normalized spacial score (nSPS) is 11.0. The highest BCUT2D eigenvalue weighted by atomic mass is 16.5. The molecule has 3 rings (SSSR count). The fourth-order valence-electron chi connectivity index (χ4n) is 2.78. The highest BCUT2D eigenvalue weighted by molar-refractivity contribution is 5.88. The molecule has 0 saturated carbocycles. The van der Waals surface area contributed by atoms with Crippen molar-refractivity contribution < 1.29 is 23.4 Å². The van der Waals surface area contributed by atoms with E-state index in [1.165, 1.54) is 12.1 Å². The van der Waals surface area contributed by atoms with Crippen LogP contribution in [0.3, 0.4) is 0 Å². The second-order valence-electron chi connectivity index (χ2n) is 6.14. The van der Waals surface area contributed by atoms with Crippen LogP contribution in [0.2, 0.25) is 0 Å². The largest absolute Gasteiger partial charge is 0.497 e. The lowest BCUT2D eigenvalue weighted by atomic mass is 10.1. The molecule has 0 aliphatic heterocycles. The standard InChI is InChI=1S/C22H20O6/c1-14-4-7-18-16(12-22(24)28-20(18)10-14)13-27-21(23)9-5-15-11-17(25-2)6-8-19(15)26-3/h4-12H,13H2,1-3H3/b9-5+. The molecule has 0 unspecified atom stereocenters. The maximum Gasteiger partial charge on any atom is 0.336 e. The Labute approximate surface area is 162 Å². The van der Waals surface area contributed by atoms with E-state index in [2.05, 4.69) is 0 Å².